The molecule has 0 saturated heterocycles. The summed E-state index contributed by atoms with van der Waals surface area (Å²) >= 11 is 3.18. The molecule has 1 aromatic rings. The van der Waals surface area contributed by atoms with E-state index in [4.69, 9.17) is 5.11 Å². The Morgan fingerprint density at radius 3 is 2.65 bits per heavy atom. The minimum atomic E-state index is -1.69. The first-order valence-corrected chi connectivity index (χ1v) is 6.92. The van der Waals surface area contributed by atoms with E-state index in [1.807, 2.05) is 0 Å². The fraction of sp³-hybridized carbons (Fsp3) is 0.364. The van der Waals surface area contributed by atoms with Gasteiger partial charge in [-0.05, 0) is 32.0 Å². The molecule has 0 aliphatic rings. The van der Waals surface area contributed by atoms with E-state index >= 15 is 0 Å². The molecule has 1 rings (SSSR count). The first-order chi connectivity index (χ1) is 7.75. The van der Waals surface area contributed by atoms with E-state index in [0.29, 0.717) is 4.47 Å². The molecule has 0 radical (unpaired) electrons. The molecule has 0 saturated carbocycles. The van der Waals surface area contributed by atoms with Crippen LogP contribution >= 0.6 is 15.9 Å². The largest absolute Gasteiger partial charge is 0.480 e. The quantitative estimate of drug-likeness (QED) is 0.927. The van der Waals surface area contributed by atoms with E-state index in [0.717, 1.165) is 0 Å². The molecule has 1 N–H and O–H groups in total. The Balaban J connectivity index is 2.96. The first-order valence-electron chi connectivity index (χ1n) is 4.81. The summed E-state index contributed by atoms with van der Waals surface area (Å²) in [5, 5.41) is 8.92. The number of rotatable bonds is 4. The molecule has 0 amide bonds. The summed E-state index contributed by atoms with van der Waals surface area (Å²) in [7, 11) is -1.69. The predicted octanol–water partition coefficient (Wildman–Crippen LogP) is 2.70. The van der Waals surface area contributed by atoms with Crippen molar-refractivity contribution in [1.82, 2.24) is 0 Å². The summed E-state index contributed by atoms with van der Waals surface area (Å²) in [6, 6.07) is 4.29. The van der Waals surface area contributed by atoms with Gasteiger partial charge in [0.25, 0.3) is 0 Å². The number of hydrogen-bond donors (Lipinski definition) is 1. The fourth-order valence-corrected chi connectivity index (χ4v) is 2.54. The molecular weight excluding hydrogens is 311 g/mol. The molecule has 0 fully saturated rings. The highest BCUT2D eigenvalue weighted by Gasteiger charge is 2.34. The number of halogens is 2. The van der Waals surface area contributed by atoms with Gasteiger partial charge in [-0.15, -0.1) is 0 Å². The maximum atomic E-state index is 13.4. The van der Waals surface area contributed by atoms with E-state index in [1.54, 1.807) is 0 Å². The summed E-state index contributed by atoms with van der Waals surface area (Å²) in [6.07, 6.45) is 0. The van der Waals surface area contributed by atoms with Crippen LogP contribution in [0.5, 0.6) is 0 Å². The van der Waals surface area contributed by atoms with Gasteiger partial charge in [-0.2, -0.15) is 0 Å². The zero-order chi connectivity index (χ0) is 13.2. The van der Waals surface area contributed by atoms with Crippen molar-refractivity contribution in [3.63, 3.8) is 0 Å². The molecule has 0 aliphatic carbocycles. The lowest BCUT2D eigenvalue weighted by molar-refractivity contribution is -0.139. The van der Waals surface area contributed by atoms with Gasteiger partial charge in [-0.25, -0.2) is 4.39 Å². The highest BCUT2D eigenvalue weighted by atomic mass is 79.9. The van der Waals surface area contributed by atoms with Gasteiger partial charge in [0.15, 0.2) is 0 Å². The van der Waals surface area contributed by atoms with Crippen LogP contribution in [0.2, 0.25) is 0 Å². The van der Waals surface area contributed by atoms with E-state index < -0.39 is 27.3 Å². The monoisotopic (exact) mass is 322 g/mol. The van der Waals surface area contributed by atoms with Gasteiger partial charge in [0.2, 0.25) is 0 Å². The minimum Gasteiger partial charge on any atom is -0.480 e. The standard InChI is InChI=1S/C11H12BrFO3S/c1-11(2,10(14)15)17(16)6-7-5-8(12)3-4-9(7)13/h3-5H,6H2,1-2H3,(H,14,15). The summed E-state index contributed by atoms with van der Waals surface area (Å²) in [6.45, 7) is 2.72. The second-order valence-electron chi connectivity index (χ2n) is 4.04. The molecule has 0 bridgehead atoms. The van der Waals surface area contributed by atoms with Crippen LogP contribution in [0.25, 0.3) is 0 Å². The highest BCUT2D eigenvalue weighted by Crippen LogP contribution is 2.21. The highest BCUT2D eigenvalue weighted by molar-refractivity contribution is 9.10. The predicted molar refractivity (Wildman–Crippen MR) is 67.7 cm³/mol. The third kappa shape index (κ3) is 3.35. The van der Waals surface area contributed by atoms with Gasteiger partial charge in [0, 0.05) is 20.8 Å². The van der Waals surface area contributed by atoms with Gasteiger partial charge in [-0.3, -0.25) is 9.00 Å². The molecule has 1 atom stereocenters. The normalized spacial score (nSPS) is 13.4. The van der Waals surface area contributed by atoms with Crippen LogP contribution in [0.3, 0.4) is 0 Å². The van der Waals surface area contributed by atoms with Crippen LogP contribution in [0.15, 0.2) is 22.7 Å². The number of carboxylic acid groups (broad SMARTS) is 1. The van der Waals surface area contributed by atoms with Crippen molar-refractivity contribution in [2.75, 3.05) is 0 Å². The summed E-state index contributed by atoms with van der Waals surface area (Å²) in [5.74, 6) is -1.76. The number of benzene rings is 1. The molecule has 0 heterocycles. The van der Waals surface area contributed by atoms with Crippen molar-refractivity contribution in [2.24, 2.45) is 0 Å². The minimum absolute atomic E-state index is 0.120. The van der Waals surface area contributed by atoms with Crippen molar-refractivity contribution in [1.29, 1.82) is 0 Å². The molecule has 1 unspecified atom stereocenters. The number of hydrogen-bond acceptors (Lipinski definition) is 2. The SMILES string of the molecule is CC(C)(C(=O)O)S(=O)Cc1cc(Br)ccc1F. The Morgan fingerprint density at radius 1 is 1.53 bits per heavy atom. The summed E-state index contributed by atoms with van der Waals surface area (Å²) in [4.78, 5) is 10.9. The average Bonchev–Trinajstić information content (AvgIpc) is 2.23. The lowest BCUT2D eigenvalue weighted by Gasteiger charge is -2.18. The van der Waals surface area contributed by atoms with Gasteiger partial charge in [0.05, 0.1) is 5.75 Å². The third-order valence-corrected chi connectivity index (χ3v) is 4.76. The molecule has 0 aliphatic heterocycles. The van der Waals surface area contributed by atoms with Crippen LogP contribution in [-0.2, 0) is 21.3 Å². The smallest absolute Gasteiger partial charge is 0.321 e. The molecule has 0 spiro atoms. The summed E-state index contributed by atoms with van der Waals surface area (Å²) < 4.78 is 24.6. The van der Waals surface area contributed by atoms with Crippen LogP contribution < -0.4 is 0 Å². The van der Waals surface area contributed by atoms with Gasteiger partial charge < -0.3 is 5.11 Å². The Kier molecular flexibility index (Phi) is 4.43. The van der Waals surface area contributed by atoms with Crippen molar-refractivity contribution in [3.05, 3.63) is 34.1 Å². The van der Waals surface area contributed by atoms with E-state index in [-0.39, 0.29) is 11.3 Å². The van der Waals surface area contributed by atoms with Crippen molar-refractivity contribution in [3.8, 4) is 0 Å². The van der Waals surface area contributed by atoms with Gasteiger partial charge in [-0.1, -0.05) is 15.9 Å². The van der Waals surface area contributed by atoms with E-state index in [2.05, 4.69) is 15.9 Å². The maximum Gasteiger partial charge on any atom is 0.321 e. The average molecular weight is 323 g/mol. The lowest BCUT2D eigenvalue weighted by Crippen LogP contribution is -2.37. The van der Waals surface area contributed by atoms with Gasteiger partial charge in [0.1, 0.15) is 10.6 Å². The molecule has 0 aromatic heterocycles. The number of aliphatic carboxylic acids is 1. The molecule has 3 nitrogen and oxygen atoms in total. The lowest BCUT2D eigenvalue weighted by atomic mass is 10.2. The Hall–Kier alpha value is -0.750. The fourth-order valence-electron chi connectivity index (χ4n) is 1.07. The van der Waals surface area contributed by atoms with E-state index in [9.17, 15) is 13.4 Å². The van der Waals surface area contributed by atoms with Crippen molar-refractivity contribution < 1.29 is 18.5 Å². The zero-order valence-corrected chi connectivity index (χ0v) is 11.8. The van der Waals surface area contributed by atoms with E-state index in [1.165, 1.54) is 32.0 Å². The Bertz CT molecular complexity index is 474. The topological polar surface area (TPSA) is 54.4 Å². The van der Waals surface area contributed by atoms with Crippen LogP contribution in [0.1, 0.15) is 19.4 Å². The molecule has 1 aromatic carbocycles. The second kappa shape index (κ2) is 5.27. The van der Waals surface area contributed by atoms with Crippen LogP contribution in [0.4, 0.5) is 4.39 Å². The van der Waals surface area contributed by atoms with Gasteiger partial charge >= 0.3 is 5.97 Å². The zero-order valence-electron chi connectivity index (χ0n) is 9.37. The van der Waals surface area contributed by atoms with Crippen LogP contribution in [-0.4, -0.2) is 20.0 Å². The van der Waals surface area contributed by atoms with Crippen LogP contribution in [0, 0.1) is 5.82 Å². The maximum absolute atomic E-state index is 13.4. The number of carbonyl (C=O) groups is 1. The van der Waals surface area contributed by atoms with Crippen molar-refractivity contribution in [2.45, 2.75) is 24.3 Å². The molecular formula is C11H12BrFO3S. The third-order valence-electron chi connectivity index (χ3n) is 2.38. The Morgan fingerprint density at radius 2 is 2.12 bits per heavy atom. The first kappa shape index (κ1) is 14.3. The van der Waals surface area contributed by atoms with Crippen molar-refractivity contribution >= 4 is 32.7 Å². The number of carboxylic acids is 1. The Labute approximate surface area is 110 Å². The second-order valence-corrected chi connectivity index (χ2v) is 6.96. The molecule has 17 heavy (non-hydrogen) atoms. The molecule has 94 valence electrons. The summed E-state index contributed by atoms with van der Waals surface area (Å²) in [5.41, 5.74) is 0.243. The molecule has 6 heteroatoms.